The lowest BCUT2D eigenvalue weighted by atomic mass is 10.3. The van der Waals surface area contributed by atoms with Crippen molar-refractivity contribution in [3.63, 3.8) is 0 Å². The highest BCUT2D eigenvalue weighted by atomic mass is 79.9. The Labute approximate surface area is 135 Å². The monoisotopic (exact) mass is 445 g/mol. The van der Waals surface area contributed by atoms with Gasteiger partial charge < -0.3 is 5.73 Å². The van der Waals surface area contributed by atoms with Gasteiger partial charge in [-0.2, -0.15) is 0 Å². The first-order valence-corrected chi connectivity index (χ1v) is 8.94. The third-order valence-electron chi connectivity index (χ3n) is 2.02. The van der Waals surface area contributed by atoms with Crippen molar-refractivity contribution in [3.05, 3.63) is 31.6 Å². The van der Waals surface area contributed by atoms with Crippen molar-refractivity contribution in [3.8, 4) is 0 Å². The number of halogens is 3. The summed E-state index contributed by atoms with van der Waals surface area (Å²) < 4.78 is 27.8. The smallest absolute Gasteiger partial charge is 0.264 e. The van der Waals surface area contributed by atoms with E-state index in [1.54, 1.807) is 0 Å². The summed E-state index contributed by atoms with van der Waals surface area (Å²) in [6, 6.07) is 2.78. The lowest BCUT2D eigenvalue weighted by Crippen LogP contribution is -2.14. The summed E-state index contributed by atoms with van der Waals surface area (Å²) in [5.74, 6) is 0. The van der Waals surface area contributed by atoms with Gasteiger partial charge in [0.1, 0.15) is 4.90 Å². The first-order valence-electron chi connectivity index (χ1n) is 4.68. The van der Waals surface area contributed by atoms with E-state index in [1.165, 1.54) is 18.3 Å². The fourth-order valence-corrected chi connectivity index (χ4v) is 4.89. The molecule has 3 N–H and O–H groups in total. The van der Waals surface area contributed by atoms with Crippen LogP contribution < -0.4 is 10.5 Å². The van der Waals surface area contributed by atoms with Gasteiger partial charge in [-0.25, -0.2) is 13.4 Å². The van der Waals surface area contributed by atoms with E-state index in [4.69, 9.17) is 17.3 Å². The predicted molar refractivity (Wildman–Crippen MR) is 84.2 cm³/mol. The van der Waals surface area contributed by atoms with Crippen LogP contribution in [-0.4, -0.2) is 13.4 Å². The maximum atomic E-state index is 12.2. The molecule has 0 aliphatic carbocycles. The van der Waals surface area contributed by atoms with Crippen molar-refractivity contribution in [2.45, 2.75) is 4.90 Å². The van der Waals surface area contributed by atoms with E-state index in [9.17, 15) is 8.42 Å². The SMILES string of the molecule is Nc1cc(Cl)cc(S(=O)(=O)Nc2ncc(Br)s2)c1Br. The van der Waals surface area contributed by atoms with Crippen LogP contribution in [0.3, 0.4) is 0 Å². The zero-order valence-electron chi connectivity index (χ0n) is 9.02. The van der Waals surface area contributed by atoms with Crippen molar-refractivity contribution < 1.29 is 8.42 Å². The van der Waals surface area contributed by atoms with E-state index in [0.29, 0.717) is 0 Å². The van der Waals surface area contributed by atoms with Crippen molar-refractivity contribution in [2.24, 2.45) is 0 Å². The van der Waals surface area contributed by atoms with Crippen LogP contribution in [0.25, 0.3) is 0 Å². The van der Waals surface area contributed by atoms with Gasteiger partial charge in [-0.3, -0.25) is 4.72 Å². The van der Waals surface area contributed by atoms with Gasteiger partial charge in [0.25, 0.3) is 10.0 Å². The number of hydrogen-bond donors (Lipinski definition) is 2. The molecule has 0 atom stereocenters. The highest BCUT2D eigenvalue weighted by Crippen LogP contribution is 2.33. The molecule has 5 nitrogen and oxygen atoms in total. The minimum absolute atomic E-state index is 0.0381. The Kier molecular flexibility index (Phi) is 4.41. The summed E-state index contributed by atoms with van der Waals surface area (Å²) in [6.07, 6.45) is 1.50. The first kappa shape index (κ1) is 15.0. The molecule has 0 amide bonds. The third kappa shape index (κ3) is 3.40. The average molecular weight is 448 g/mol. The van der Waals surface area contributed by atoms with Crippen LogP contribution in [-0.2, 0) is 10.0 Å². The van der Waals surface area contributed by atoms with E-state index in [-0.39, 0.29) is 25.2 Å². The Hall–Kier alpha value is -0.350. The third-order valence-corrected chi connectivity index (χ3v) is 6.27. The largest absolute Gasteiger partial charge is 0.398 e. The molecule has 2 rings (SSSR count). The van der Waals surface area contributed by atoms with Gasteiger partial charge in [0.05, 0.1) is 14.5 Å². The number of thiazole rings is 1. The molecule has 19 heavy (non-hydrogen) atoms. The second-order valence-corrected chi connectivity index (χ2v) is 8.67. The van der Waals surface area contributed by atoms with Crippen LogP contribution in [0, 0.1) is 0 Å². The molecule has 0 spiro atoms. The molecule has 2 aromatic rings. The first-order chi connectivity index (χ1) is 8.79. The van der Waals surface area contributed by atoms with Crippen LogP contribution >= 0.6 is 54.8 Å². The number of nitrogen functional groups attached to an aromatic ring is 1. The lowest BCUT2D eigenvalue weighted by molar-refractivity contribution is 0.601. The molecule has 0 bridgehead atoms. The molecule has 0 saturated carbocycles. The van der Waals surface area contributed by atoms with Crippen LogP contribution in [0.5, 0.6) is 0 Å². The molecule has 0 fully saturated rings. The van der Waals surface area contributed by atoms with Crippen LogP contribution in [0.15, 0.2) is 31.5 Å². The summed E-state index contributed by atoms with van der Waals surface area (Å²) >= 11 is 13.3. The van der Waals surface area contributed by atoms with Crippen LogP contribution in [0.1, 0.15) is 0 Å². The summed E-state index contributed by atoms with van der Waals surface area (Å²) in [5, 5.41) is 0.485. The molecule has 0 unspecified atom stereocenters. The van der Waals surface area contributed by atoms with E-state index < -0.39 is 10.0 Å². The summed E-state index contributed by atoms with van der Waals surface area (Å²) in [6.45, 7) is 0. The van der Waals surface area contributed by atoms with Crippen molar-refractivity contribution in [2.75, 3.05) is 10.5 Å². The minimum atomic E-state index is -3.81. The Morgan fingerprint density at radius 1 is 1.37 bits per heavy atom. The number of nitrogens with two attached hydrogens (primary N) is 1. The summed E-state index contributed by atoms with van der Waals surface area (Å²) in [4.78, 5) is 3.86. The Balaban J connectivity index is 2.45. The number of benzene rings is 1. The zero-order chi connectivity index (χ0) is 14.2. The fourth-order valence-electron chi connectivity index (χ4n) is 1.25. The van der Waals surface area contributed by atoms with Crippen LogP contribution in [0.2, 0.25) is 5.02 Å². The Morgan fingerprint density at radius 3 is 2.63 bits per heavy atom. The number of nitrogens with zero attached hydrogens (tertiary/aromatic N) is 1. The van der Waals surface area contributed by atoms with Gasteiger partial charge in [0.15, 0.2) is 5.13 Å². The molecule has 0 radical (unpaired) electrons. The molecule has 1 aromatic carbocycles. The van der Waals surface area contributed by atoms with E-state index >= 15 is 0 Å². The van der Waals surface area contributed by atoms with Crippen molar-refractivity contribution in [1.82, 2.24) is 4.98 Å². The molecule has 0 aliphatic heterocycles. The summed E-state index contributed by atoms with van der Waals surface area (Å²) in [7, 11) is -3.81. The molecule has 1 aromatic heterocycles. The van der Waals surface area contributed by atoms with Gasteiger partial charge in [0, 0.05) is 10.7 Å². The quantitative estimate of drug-likeness (QED) is 0.703. The maximum Gasteiger partial charge on any atom is 0.264 e. The minimum Gasteiger partial charge on any atom is -0.398 e. The van der Waals surface area contributed by atoms with Crippen molar-refractivity contribution in [1.29, 1.82) is 0 Å². The van der Waals surface area contributed by atoms with Gasteiger partial charge in [0.2, 0.25) is 0 Å². The Morgan fingerprint density at radius 2 is 2.05 bits per heavy atom. The van der Waals surface area contributed by atoms with E-state index in [1.807, 2.05) is 0 Å². The number of sulfonamides is 1. The topological polar surface area (TPSA) is 85.1 Å². The van der Waals surface area contributed by atoms with E-state index in [0.717, 1.165) is 15.1 Å². The molecular formula is C9H6Br2ClN3O2S2. The standard InChI is InChI=1S/C9H6Br2ClN3O2S2/c10-7-3-14-9(18-7)15-19(16,17)6-2-4(12)1-5(13)8(6)11/h1-3H,13H2,(H,14,15). The number of anilines is 2. The number of hydrogen-bond acceptors (Lipinski definition) is 5. The van der Waals surface area contributed by atoms with Gasteiger partial charge >= 0.3 is 0 Å². The maximum absolute atomic E-state index is 12.2. The molecular weight excluding hydrogens is 442 g/mol. The summed E-state index contributed by atoms with van der Waals surface area (Å²) in [5.41, 5.74) is 5.92. The highest BCUT2D eigenvalue weighted by molar-refractivity contribution is 9.11. The van der Waals surface area contributed by atoms with Crippen LogP contribution in [0.4, 0.5) is 10.8 Å². The van der Waals surface area contributed by atoms with Gasteiger partial charge in [-0.05, 0) is 44.0 Å². The van der Waals surface area contributed by atoms with Gasteiger partial charge in [-0.15, -0.1) is 0 Å². The normalized spacial score (nSPS) is 11.5. The Bertz CT molecular complexity index is 733. The average Bonchev–Trinajstić information content (AvgIpc) is 2.68. The molecule has 0 saturated heterocycles. The van der Waals surface area contributed by atoms with Crippen molar-refractivity contribution >= 4 is 75.6 Å². The molecule has 0 aliphatic rings. The number of aromatic nitrogens is 1. The highest BCUT2D eigenvalue weighted by Gasteiger charge is 2.21. The molecule has 1 heterocycles. The number of rotatable bonds is 3. The zero-order valence-corrected chi connectivity index (χ0v) is 14.6. The molecule has 102 valence electrons. The number of nitrogens with one attached hydrogen (secondary N) is 1. The second kappa shape index (κ2) is 5.57. The fraction of sp³-hybridized carbons (Fsp3) is 0. The second-order valence-electron chi connectivity index (χ2n) is 3.38. The molecule has 10 heteroatoms. The van der Waals surface area contributed by atoms with E-state index in [2.05, 4.69) is 41.6 Å². The van der Waals surface area contributed by atoms with Gasteiger partial charge in [-0.1, -0.05) is 22.9 Å². The predicted octanol–water partition coefficient (Wildman–Crippen LogP) is 3.70. The lowest BCUT2D eigenvalue weighted by Gasteiger charge is -2.09.